The quantitative estimate of drug-likeness (QED) is 0.284. The van der Waals surface area contributed by atoms with Crippen molar-refractivity contribution >= 4 is 86.0 Å². The zero-order valence-electron chi connectivity index (χ0n) is 15.7. The van der Waals surface area contributed by atoms with Crippen molar-refractivity contribution in [2.45, 2.75) is 6.61 Å². The van der Waals surface area contributed by atoms with E-state index in [-0.39, 0.29) is 17.3 Å². The lowest BCUT2D eigenvalue weighted by molar-refractivity contribution is -0.132. The average molecular weight is 549 g/mol. The van der Waals surface area contributed by atoms with Crippen molar-refractivity contribution in [3.63, 3.8) is 0 Å². The first-order chi connectivity index (χ1) is 14.1. The van der Waals surface area contributed by atoms with Crippen LogP contribution in [0.5, 0.6) is 5.75 Å². The van der Waals surface area contributed by atoms with Crippen molar-refractivity contribution < 1.29 is 14.3 Å². The second kappa shape index (κ2) is 9.24. The molecule has 2 aromatic rings. The molecule has 0 bridgehead atoms. The SMILES string of the molecule is CN1C(=O)C(=Cc2cc(Cl)c(OCc3ccc(Cl)cc3Cl)c(Br)c2)C(=O)N(C)C1=S. The second-order valence-electron chi connectivity index (χ2n) is 6.41. The summed E-state index contributed by atoms with van der Waals surface area (Å²) in [5.41, 5.74) is 1.28. The number of benzene rings is 2. The van der Waals surface area contributed by atoms with Crippen LogP contribution in [0.2, 0.25) is 15.1 Å². The largest absolute Gasteiger partial charge is 0.486 e. The number of carbonyl (C=O) groups excluding carboxylic acids is 2. The molecule has 5 nitrogen and oxygen atoms in total. The first-order valence-electron chi connectivity index (χ1n) is 8.47. The molecule has 10 heteroatoms. The first-order valence-corrected chi connectivity index (χ1v) is 10.8. The molecule has 0 aliphatic carbocycles. The summed E-state index contributed by atoms with van der Waals surface area (Å²) in [6.45, 7) is 0.179. The van der Waals surface area contributed by atoms with Crippen LogP contribution in [0.4, 0.5) is 0 Å². The van der Waals surface area contributed by atoms with Gasteiger partial charge in [-0.2, -0.15) is 0 Å². The van der Waals surface area contributed by atoms with Gasteiger partial charge in [0.1, 0.15) is 12.2 Å². The van der Waals surface area contributed by atoms with Crippen molar-refractivity contribution in [1.82, 2.24) is 9.80 Å². The minimum Gasteiger partial charge on any atom is -0.486 e. The van der Waals surface area contributed by atoms with Crippen LogP contribution in [0.3, 0.4) is 0 Å². The maximum absolute atomic E-state index is 12.5. The summed E-state index contributed by atoms with van der Waals surface area (Å²) in [6, 6.07) is 8.42. The minimum absolute atomic E-state index is 0.0156. The Kier molecular flexibility index (Phi) is 7.09. The van der Waals surface area contributed by atoms with E-state index in [9.17, 15) is 9.59 Å². The van der Waals surface area contributed by atoms with E-state index in [1.807, 2.05) is 0 Å². The molecular weight excluding hydrogens is 535 g/mol. The number of nitrogens with zero attached hydrogens (tertiary/aromatic N) is 2. The maximum atomic E-state index is 12.5. The Bertz CT molecular complexity index is 1060. The number of rotatable bonds is 4. The van der Waals surface area contributed by atoms with Crippen molar-refractivity contribution in [2.75, 3.05) is 14.1 Å². The van der Waals surface area contributed by atoms with Crippen molar-refractivity contribution in [2.24, 2.45) is 0 Å². The number of hydrogen-bond donors (Lipinski definition) is 0. The Morgan fingerprint density at radius 3 is 2.23 bits per heavy atom. The highest BCUT2D eigenvalue weighted by Crippen LogP contribution is 2.36. The Labute approximate surface area is 202 Å². The molecule has 2 amide bonds. The van der Waals surface area contributed by atoms with Crippen molar-refractivity contribution in [1.29, 1.82) is 0 Å². The van der Waals surface area contributed by atoms with Gasteiger partial charge in [0.15, 0.2) is 10.9 Å². The summed E-state index contributed by atoms with van der Waals surface area (Å²) in [5.74, 6) is -0.553. The van der Waals surface area contributed by atoms with E-state index < -0.39 is 11.8 Å². The number of amides is 2. The number of carbonyl (C=O) groups is 2. The van der Waals surface area contributed by atoms with Crippen LogP contribution in [0.1, 0.15) is 11.1 Å². The average Bonchev–Trinajstić information content (AvgIpc) is 2.69. The predicted molar refractivity (Wildman–Crippen MR) is 126 cm³/mol. The Balaban J connectivity index is 1.87. The Hall–Kier alpha value is -1.64. The van der Waals surface area contributed by atoms with E-state index >= 15 is 0 Å². The number of ether oxygens (including phenoxy) is 1. The van der Waals surface area contributed by atoms with Gasteiger partial charge in [0, 0.05) is 29.7 Å². The first kappa shape index (κ1) is 23.0. The molecule has 0 N–H and O–H groups in total. The zero-order chi connectivity index (χ0) is 22.2. The molecule has 30 heavy (non-hydrogen) atoms. The van der Waals surface area contributed by atoms with E-state index in [4.69, 9.17) is 51.8 Å². The van der Waals surface area contributed by atoms with Gasteiger partial charge >= 0.3 is 0 Å². The fraction of sp³-hybridized carbons (Fsp3) is 0.150. The number of likely N-dealkylation sites (N-methyl/N-ethyl adjacent to an activating group) is 2. The molecule has 2 aromatic carbocycles. The fourth-order valence-corrected chi connectivity index (χ4v) is 4.35. The van der Waals surface area contributed by atoms with Gasteiger partial charge in [-0.05, 0) is 64.1 Å². The highest BCUT2D eigenvalue weighted by atomic mass is 79.9. The van der Waals surface area contributed by atoms with Gasteiger partial charge in [-0.25, -0.2) is 0 Å². The molecule has 0 spiro atoms. The van der Waals surface area contributed by atoms with Crippen LogP contribution in [-0.4, -0.2) is 40.8 Å². The summed E-state index contributed by atoms with van der Waals surface area (Å²) in [6.07, 6.45) is 1.47. The lowest BCUT2D eigenvalue weighted by atomic mass is 10.1. The molecular formula is C20H14BrCl3N2O3S. The van der Waals surface area contributed by atoms with E-state index in [0.717, 1.165) is 5.56 Å². The van der Waals surface area contributed by atoms with E-state index in [2.05, 4.69) is 15.9 Å². The van der Waals surface area contributed by atoms with Gasteiger partial charge in [0.2, 0.25) is 0 Å². The highest BCUT2D eigenvalue weighted by molar-refractivity contribution is 9.10. The van der Waals surface area contributed by atoms with Crippen molar-refractivity contribution in [3.8, 4) is 5.75 Å². The molecule has 1 aliphatic heterocycles. The third kappa shape index (κ3) is 4.65. The van der Waals surface area contributed by atoms with Gasteiger partial charge in [0.05, 0.1) is 9.50 Å². The molecule has 3 rings (SSSR count). The summed E-state index contributed by atoms with van der Waals surface area (Å²) in [5, 5.41) is 1.46. The molecule has 0 aromatic heterocycles. The second-order valence-corrected chi connectivity index (χ2v) is 8.88. The molecule has 0 unspecified atom stereocenters. The highest BCUT2D eigenvalue weighted by Gasteiger charge is 2.35. The van der Waals surface area contributed by atoms with Crippen LogP contribution < -0.4 is 4.74 Å². The smallest absolute Gasteiger partial charge is 0.265 e. The lowest BCUT2D eigenvalue weighted by Gasteiger charge is -2.31. The van der Waals surface area contributed by atoms with Crippen LogP contribution in [-0.2, 0) is 16.2 Å². The molecule has 1 aliphatic rings. The number of halogens is 4. The summed E-state index contributed by atoms with van der Waals surface area (Å²) in [7, 11) is 3.03. The monoisotopic (exact) mass is 546 g/mol. The van der Waals surface area contributed by atoms with Crippen LogP contribution in [0.15, 0.2) is 40.4 Å². The van der Waals surface area contributed by atoms with Crippen molar-refractivity contribution in [3.05, 3.63) is 66.6 Å². The number of hydrogen-bond acceptors (Lipinski definition) is 4. The van der Waals surface area contributed by atoms with Crippen LogP contribution >= 0.6 is 63.0 Å². The third-order valence-electron chi connectivity index (χ3n) is 4.36. The van der Waals surface area contributed by atoms with E-state index in [0.29, 0.717) is 30.9 Å². The van der Waals surface area contributed by atoms with Crippen LogP contribution in [0.25, 0.3) is 6.08 Å². The summed E-state index contributed by atoms with van der Waals surface area (Å²) >= 11 is 27.0. The molecule has 156 valence electrons. The number of thiocarbonyl (C=S) groups is 1. The maximum Gasteiger partial charge on any atom is 0.265 e. The Morgan fingerprint density at radius 2 is 1.67 bits per heavy atom. The molecule has 0 atom stereocenters. The standard InChI is InChI=1S/C20H14BrCl3N2O3S/c1-25-18(27)13(19(28)26(2)20(25)30)5-10-6-14(21)17(16(24)7-10)29-9-11-3-4-12(22)8-15(11)23/h3-8H,9H2,1-2H3. The van der Waals surface area contributed by atoms with E-state index in [1.165, 1.54) is 30.0 Å². The molecule has 1 fully saturated rings. The lowest BCUT2D eigenvalue weighted by Crippen LogP contribution is -2.52. The molecule has 0 radical (unpaired) electrons. The van der Waals surface area contributed by atoms with Gasteiger partial charge < -0.3 is 4.74 Å². The normalized spacial score (nSPS) is 14.5. The van der Waals surface area contributed by atoms with Gasteiger partial charge in [-0.15, -0.1) is 0 Å². The van der Waals surface area contributed by atoms with Crippen LogP contribution in [0, 0.1) is 0 Å². The third-order valence-corrected chi connectivity index (χ3v) is 6.37. The zero-order valence-corrected chi connectivity index (χ0v) is 20.4. The Morgan fingerprint density at radius 1 is 1.03 bits per heavy atom. The molecule has 0 saturated carbocycles. The topological polar surface area (TPSA) is 49.9 Å². The van der Waals surface area contributed by atoms with Gasteiger partial charge in [0.25, 0.3) is 11.8 Å². The summed E-state index contributed by atoms with van der Waals surface area (Å²) in [4.78, 5) is 27.4. The molecule has 1 heterocycles. The van der Waals surface area contributed by atoms with E-state index in [1.54, 1.807) is 30.3 Å². The molecule has 1 saturated heterocycles. The minimum atomic E-state index is -0.479. The predicted octanol–water partition coefficient (Wildman–Crippen LogP) is 5.59. The van der Waals surface area contributed by atoms with Gasteiger partial charge in [-0.1, -0.05) is 40.9 Å². The fourth-order valence-electron chi connectivity index (χ4n) is 2.73. The van der Waals surface area contributed by atoms with Gasteiger partial charge in [-0.3, -0.25) is 19.4 Å². The summed E-state index contributed by atoms with van der Waals surface area (Å²) < 4.78 is 6.37.